The number of rotatable bonds is 4. The Morgan fingerprint density at radius 2 is 2.31 bits per heavy atom. The minimum atomic E-state index is -0.439. The number of halogens is 1. The van der Waals surface area contributed by atoms with Crippen molar-refractivity contribution in [2.75, 3.05) is 6.54 Å². The van der Waals surface area contributed by atoms with Gasteiger partial charge in [0, 0.05) is 12.7 Å². The van der Waals surface area contributed by atoms with E-state index < -0.39 is 5.82 Å². The van der Waals surface area contributed by atoms with Gasteiger partial charge in [-0.1, -0.05) is 0 Å². The highest BCUT2D eigenvalue weighted by Crippen LogP contribution is 2.18. The number of aryl methyl sites for hydroxylation is 1. The lowest BCUT2D eigenvalue weighted by atomic mass is 10.2. The second-order valence-corrected chi connectivity index (χ2v) is 3.22. The van der Waals surface area contributed by atoms with Gasteiger partial charge >= 0.3 is 0 Å². The maximum atomic E-state index is 13.5. The average Bonchev–Trinajstić information content (AvgIpc) is 2.75. The summed E-state index contributed by atoms with van der Waals surface area (Å²) in [4.78, 5) is 3.67. The first kappa shape index (κ1) is 10.6. The van der Waals surface area contributed by atoms with Crippen molar-refractivity contribution < 1.29 is 4.39 Å². The Kier molecular flexibility index (Phi) is 3.16. The van der Waals surface area contributed by atoms with E-state index in [0.29, 0.717) is 24.5 Å². The van der Waals surface area contributed by atoms with Gasteiger partial charge < -0.3 is 5.73 Å². The molecule has 2 rings (SSSR count). The fourth-order valence-corrected chi connectivity index (χ4v) is 1.35. The van der Waals surface area contributed by atoms with Gasteiger partial charge in [0.1, 0.15) is 0 Å². The van der Waals surface area contributed by atoms with E-state index >= 15 is 0 Å². The third kappa shape index (κ3) is 2.03. The second kappa shape index (κ2) is 4.75. The SMILES string of the molecule is NCCCn1nnnc1-c1ccncc1F. The molecule has 0 bridgehead atoms. The molecule has 0 unspecified atom stereocenters. The van der Waals surface area contributed by atoms with E-state index in [1.54, 1.807) is 6.07 Å². The van der Waals surface area contributed by atoms with Crippen LogP contribution in [0.1, 0.15) is 6.42 Å². The van der Waals surface area contributed by atoms with Gasteiger partial charge in [0.2, 0.25) is 0 Å². The predicted molar refractivity (Wildman–Crippen MR) is 54.7 cm³/mol. The summed E-state index contributed by atoms with van der Waals surface area (Å²) in [5.41, 5.74) is 5.74. The lowest BCUT2D eigenvalue weighted by Gasteiger charge is -2.03. The molecule has 0 aliphatic rings. The number of aromatic nitrogens is 5. The average molecular weight is 222 g/mol. The Bertz CT molecular complexity index is 469. The van der Waals surface area contributed by atoms with E-state index in [1.165, 1.54) is 10.9 Å². The van der Waals surface area contributed by atoms with Gasteiger partial charge in [0.25, 0.3) is 0 Å². The molecule has 7 heteroatoms. The van der Waals surface area contributed by atoms with Crippen LogP contribution in [-0.4, -0.2) is 31.7 Å². The maximum absolute atomic E-state index is 13.5. The van der Waals surface area contributed by atoms with Gasteiger partial charge in [-0.25, -0.2) is 9.07 Å². The molecule has 2 aromatic heterocycles. The highest BCUT2D eigenvalue weighted by molar-refractivity contribution is 5.54. The molecule has 0 saturated carbocycles. The summed E-state index contributed by atoms with van der Waals surface area (Å²) in [5.74, 6) is -0.0420. The van der Waals surface area contributed by atoms with E-state index in [2.05, 4.69) is 20.5 Å². The molecule has 0 radical (unpaired) electrons. The molecular formula is C9H11FN6. The molecule has 84 valence electrons. The van der Waals surface area contributed by atoms with Crippen molar-refractivity contribution in [1.82, 2.24) is 25.2 Å². The molecule has 0 saturated heterocycles. The third-order valence-corrected chi connectivity index (χ3v) is 2.12. The third-order valence-electron chi connectivity index (χ3n) is 2.12. The minimum Gasteiger partial charge on any atom is -0.330 e. The van der Waals surface area contributed by atoms with Gasteiger partial charge in [-0.05, 0) is 29.5 Å². The number of tetrazole rings is 1. The van der Waals surface area contributed by atoms with Crippen LogP contribution < -0.4 is 5.73 Å². The van der Waals surface area contributed by atoms with Crippen LogP contribution in [0, 0.1) is 5.82 Å². The van der Waals surface area contributed by atoms with Gasteiger partial charge in [-0.3, -0.25) is 4.98 Å². The first-order valence-electron chi connectivity index (χ1n) is 4.89. The Labute approximate surface area is 91.3 Å². The summed E-state index contributed by atoms with van der Waals surface area (Å²) >= 11 is 0. The Morgan fingerprint density at radius 1 is 1.44 bits per heavy atom. The molecule has 0 amide bonds. The van der Waals surface area contributed by atoms with Crippen LogP contribution in [0.2, 0.25) is 0 Å². The lowest BCUT2D eigenvalue weighted by molar-refractivity contribution is 0.564. The molecule has 2 N–H and O–H groups in total. The van der Waals surface area contributed by atoms with Gasteiger partial charge in [-0.2, -0.15) is 0 Å². The zero-order valence-electron chi connectivity index (χ0n) is 8.54. The fourth-order valence-electron chi connectivity index (χ4n) is 1.35. The van der Waals surface area contributed by atoms with Crippen molar-refractivity contribution in [2.45, 2.75) is 13.0 Å². The zero-order chi connectivity index (χ0) is 11.4. The maximum Gasteiger partial charge on any atom is 0.185 e. The first-order chi connectivity index (χ1) is 7.83. The monoisotopic (exact) mass is 222 g/mol. The standard InChI is InChI=1S/C9H11FN6/c10-8-6-12-4-2-7(8)9-13-14-15-16(9)5-1-3-11/h2,4,6H,1,3,5,11H2. The summed E-state index contributed by atoms with van der Waals surface area (Å²) in [5, 5.41) is 11.1. The summed E-state index contributed by atoms with van der Waals surface area (Å²) in [7, 11) is 0. The van der Waals surface area contributed by atoms with Crippen LogP contribution >= 0.6 is 0 Å². The van der Waals surface area contributed by atoms with Crippen LogP contribution in [-0.2, 0) is 6.54 Å². The van der Waals surface area contributed by atoms with Crippen LogP contribution in [0.15, 0.2) is 18.5 Å². The number of nitrogens with zero attached hydrogens (tertiary/aromatic N) is 5. The normalized spacial score (nSPS) is 10.6. The summed E-state index contributed by atoms with van der Waals surface area (Å²) < 4.78 is 15.0. The molecule has 0 aliphatic heterocycles. The minimum absolute atomic E-state index is 0.344. The molecule has 0 fully saturated rings. The predicted octanol–water partition coefficient (Wildman–Crippen LogP) is 0.223. The first-order valence-corrected chi connectivity index (χ1v) is 4.89. The van der Waals surface area contributed by atoms with Gasteiger partial charge in [-0.15, -0.1) is 5.10 Å². The molecular weight excluding hydrogens is 211 g/mol. The quantitative estimate of drug-likeness (QED) is 0.800. The van der Waals surface area contributed by atoms with E-state index in [4.69, 9.17) is 5.73 Å². The van der Waals surface area contributed by atoms with E-state index in [-0.39, 0.29) is 0 Å². The van der Waals surface area contributed by atoms with E-state index in [1.807, 2.05) is 0 Å². The Balaban J connectivity index is 2.33. The van der Waals surface area contributed by atoms with Gasteiger partial charge in [0.05, 0.1) is 11.8 Å². The van der Waals surface area contributed by atoms with Crippen LogP contribution in [0.5, 0.6) is 0 Å². The van der Waals surface area contributed by atoms with Crippen molar-refractivity contribution in [3.8, 4) is 11.4 Å². The molecule has 0 aliphatic carbocycles. The van der Waals surface area contributed by atoms with Crippen molar-refractivity contribution in [1.29, 1.82) is 0 Å². The molecule has 0 spiro atoms. The molecule has 2 heterocycles. The van der Waals surface area contributed by atoms with Crippen molar-refractivity contribution in [3.63, 3.8) is 0 Å². The highest BCUT2D eigenvalue weighted by atomic mass is 19.1. The number of pyridine rings is 1. The van der Waals surface area contributed by atoms with Crippen molar-refractivity contribution in [3.05, 3.63) is 24.3 Å². The summed E-state index contributed by atoms with van der Waals surface area (Å²) in [6.45, 7) is 1.11. The molecule has 0 aromatic carbocycles. The lowest BCUT2D eigenvalue weighted by Crippen LogP contribution is -2.09. The molecule has 0 atom stereocenters. The number of hydrogen-bond donors (Lipinski definition) is 1. The fraction of sp³-hybridized carbons (Fsp3) is 0.333. The largest absolute Gasteiger partial charge is 0.330 e. The summed E-state index contributed by atoms with van der Waals surface area (Å²) in [6.07, 6.45) is 3.38. The second-order valence-electron chi connectivity index (χ2n) is 3.22. The smallest absolute Gasteiger partial charge is 0.185 e. The highest BCUT2D eigenvalue weighted by Gasteiger charge is 2.12. The van der Waals surface area contributed by atoms with E-state index in [0.717, 1.165) is 12.6 Å². The Hall–Kier alpha value is -1.89. The van der Waals surface area contributed by atoms with E-state index in [9.17, 15) is 4.39 Å². The van der Waals surface area contributed by atoms with Crippen molar-refractivity contribution >= 4 is 0 Å². The van der Waals surface area contributed by atoms with Crippen molar-refractivity contribution in [2.24, 2.45) is 5.73 Å². The molecule has 2 aromatic rings. The summed E-state index contributed by atoms with van der Waals surface area (Å²) in [6, 6.07) is 1.54. The number of hydrogen-bond acceptors (Lipinski definition) is 5. The van der Waals surface area contributed by atoms with Crippen LogP contribution in [0.4, 0.5) is 4.39 Å². The van der Waals surface area contributed by atoms with Crippen LogP contribution in [0.3, 0.4) is 0 Å². The zero-order valence-corrected chi connectivity index (χ0v) is 8.54. The van der Waals surface area contributed by atoms with Gasteiger partial charge in [0.15, 0.2) is 11.6 Å². The topological polar surface area (TPSA) is 82.5 Å². The number of nitrogens with two attached hydrogens (primary N) is 1. The van der Waals surface area contributed by atoms with Crippen LogP contribution in [0.25, 0.3) is 11.4 Å². The Morgan fingerprint density at radius 3 is 3.06 bits per heavy atom. The molecule has 6 nitrogen and oxygen atoms in total. The molecule has 16 heavy (non-hydrogen) atoms.